The molecule has 0 spiro atoms. The van der Waals surface area contributed by atoms with Crippen molar-refractivity contribution in [3.63, 3.8) is 0 Å². The van der Waals surface area contributed by atoms with Gasteiger partial charge in [0, 0.05) is 38.7 Å². The zero-order valence-corrected chi connectivity index (χ0v) is 19.0. The minimum absolute atomic E-state index is 0. The minimum Gasteiger partial charge on any atom is -0.496 e. The number of para-hydroxylation sites is 1. The molecule has 6 nitrogen and oxygen atoms in total. The summed E-state index contributed by atoms with van der Waals surface area (Å²) >= 11 is 1.62. The van der Waals surface area contributed by atoms with Gasteiger partial charge in [0.05, 0.1) is 19.3 Å². The fraction of sp³-hybridized carbons (Fsp3) is 0.444. The summed E-state index contributed by atoms with van der Waals surface area (Å²) < 4.78 is 10.7. The van der Waals surface area contributed by atoms with Crippen LogP contribution in [0.25, 0.3) is 0 Å². The van der Waals surface area contributed by atoms with E-state index in [9.17, 15) is 0 Å². The third-order valence-corrected chi connectivity index (χ3v) is 4.93. The van der Waals surface area contributed by atoms with Crippen molar-refractivity contribution in [2.24, 2.45) is 4.99 Å². The van der Waals surface area contributed by atoms with E-state index in [0.717, 1.165) is 28.0 Å². The Bertz CT molecular complexity index is 708. The molecule has 2 rings (SSSR count). The van der Waals surface area contributed by atoms with Crippen LogP contribution >= 0.6 is 35.3 Å². The highest BCUT2D eigenvalue weighted by Gasteiger charge is 2.13. The number of halogens is 1. The molecule has 0 saturated heterocycles. The number of hydrogen-bond acceptors (Lipinski definition) is 5. The van der Waals surface area contributed by atoms with E-state index in [1.54, 1.807) is 32.6 Å². The first-order valence-corrected chi connectivity index (χ1v) is 8.97. The molecule has 0 aliphatic carbocycles. The lowest BCUT2D eigenvalue weighted by atomic mass is 10.2. The predicted molar refractivity (Wildman–Crippen MR) is 118 cm³/mol. The van der Waals surface area contributed by atoms with Gasteiger partial charge in [-0.3, -0.25) is 4.99 Å². The smallest absolute Gasteiger partial charge is 0.194 e. The Morgan fingerprint density at radius 2 is 2.08 bits per heavy atom. The average Bonchev–Trinajstić information content (AvgIpc) is 3.10. The number of methoxy groups -OCH3 is 2. The second kappa shape index (κ2) is 11.3. The Hall–Kier alpha value is -1.39. The Balaban J connectivity index is 0.00000338. The Morgan fingerprint density at radius 3 is 2.73 bits per heavy atom. The van der Waals surface area contributed by atoms with E-state index in [-0.39, 0.29) is 30.1 Å². The summed E-state index contributed by atoms with van der Waals surface area (Å²) in [6.07, 6.45) is 0.0204. The highest BCUT2D eigenvalue weighted by molar-refractivity contribution is 14.0. The SMILES string of the molecule is CN=C(NCc1ccccc1OC)N(C)Cc1csc(C(C)OC)n1.I. The van der Waals surface area contributed by atoms with Gasteiger partial charge in [0.1, 0.15) is 16.9 Å². The minimum atomic E-state index is 0. The van der Waals surface area contributed by atoms with Crippen molar-refractivity contribution in [3.8, 4) is 5.75 Å². The molecular weight excluding hydrogens is 463 g/mol. The van der Waals surface area contributed by atoms with Crippen molar-refractivity contribution in [2.45, 2.75) is 26.1 Å². The van der Waals surface area contributed by atoms with Crippen LogP contribution in [-0.2, 0) is 17.8 Å². The quantitative estimate of drug-likeness (QED) is 0.365. The summed E-state index contributed by atoms with van der Waals surface area (Å²) in [5.41, 5.74) is 2.09. The van der Waals surface area contributed by atoms with Gasteiger partial charge in [0.15, 0.2) is 5.96 Å². The Kier molecular flexibility index (Phi) is 9.89. The number of aliphatic imine (C=N–C) groups is 1. The zero-order chi connectivity index (χ0) is 18.2. The number of ether oxygens (including phenoxy) is 2. The molecule has 0 aliphatic heterocycles. The number of rotatable bonds is 7. The largest absolute Gasteiger partial charge is 0.496 e. The van der Waals surface area contributed by atoms with Crippen molar-refractivity contribution < 1.29 is 9.47 Å². The van der Waals surface area contributed by atoms with E-state index in [0.29, 0.717) is 13.1 Å². The monoisotopic (exact) mass is 490 g/mol. The third-order valence-electron chi connectivity index (χ3n) is 3.87. The van der Waals surface area contributed by atoms with E-state index in [4.69, 9.17) is 9.47 Å². The molecule has 8 heteroatoms. The van der Waals surface area contributed by atoms with Crippen LogP contribution in [-0.4, -0.2) is 44.2 Å². The van der Waals surface area contributed by atoms with Crippen molar-refractivity contribution in [3.05, 3.63) is 45.9 Å². The second-order valence-corrected chi connectivity index (χ2v) is 6.51. The maximum Gasteiger partial charge on any atom is 0.194 e. The molecule has 1 heterocycles. The summed E-state index contributed by atoms with van der Waals surface area (Å²) in [5.74, 6) is 1.67. The average molecular weight is 490 g/mol. The Labute approximate surface area is 176 Å². The van der Waals surface area contributed by atoms with Crippen LogP contribution in [0.3, 0.4) is 0 Å². The molecule has 0 radical (unpaired) electrons. The fourth-order valence-electron chi connectivity index (χ4n) is 2.41. The van der Waals surface area contributed by atoms with Gasteiger partial charge in [-0.15, -0.1) is 35.3 Å². The first kappa shape index (κ1) is 22.7. The molecule has 0 saturated carbocycles. The van der Waals surface area contributed by atoms with Gasteiger partial charge in [-0.05, 0) is 13.0 Å². The highest BCUT2D eigenvalue weighted by atomic mass is 127. The standard InChI is InChI=1S/C18H26N4O2S.HI/c1-13(23-4)17-21-15(12-25-17)11-22(3)18(19-2)20-10-14-8-6-7-9-16(14)24-5;/h6-9,12-13H,10-11H2,1-5H3,(H,19,20);1H. The van der Waals surface area contributed by atoms with Crippen LogP contribution < -0.4 is 10.1 Å². The van der Waals surface area contributed by atoms with Crippen LogP contribution in [0, 0.1) is 0 Å². The summed E-state index contributed by atoms with van der Waals surface area (Å²) in [5, 5.41) is 6.42. The maximum absolute atomic E-state index is 5.39. The fourth-order valence-corrected chi connectivity index (χ4v) is 3.25. The lowest BCUT2D eigenvalue weighted by Crippen LogP contribution is -2.38. The van der Waals surface area contributed by atoms with Gasteiger partial charge in [0.2, 0.25) is 0 Å². The van der Waals surface area contributed by atoms with E-state index >= 15 is 0 Å². The molecule has 1 aromatic heterocycles. The molecule has 1 unspecified atom stereocenters. The van der Waals surface area contributed by atoms with Crippen LogP contribution in [0.1, 0.15) is 29.3 Å². The predicted octanol–water partition coefficient (Wildman–Crippen LogP) is 3.68. The topological polar surface area (TPSA) is 59.0 Å². The number of thiazole rings is 1. The van der Waals surface area contributed by atoms with Gasteiger partial charge in [0.25, 0.3) is 0 Å². The van der Waals surface area contributed by atoms with Crippen LogP contribution in [0.4, 0.5) is 0 Å². The molecule has 144 valence electrons. The number of aromatic nitrogens is 1. The van der Waals surface area contributed by atoms with Crippen molar-refractivity contribution in [1.82, 2.24) is 15.2 Å². The molecule has 0 amide bonds. The number of nitrogens with one attached hydrogen (secondary N) is 1. The molecule has 0 fully saturated rings. The Morgan fingerprint density at radius 1 is 1.35 bits per heavy atom. The second-order valence-electron chi connectivity index (χ2n) is 5.62. The van der Waals surface area contributed by atoms with Crippen molar-refractivity contribution in [2.75, 3.05) is 28.3 Å². The lowest BCUT2D eigenvalue weighted by molar-refractivity contribution is 0.119. The molecule has 26 heavy (non-hydrogen) atoms. The van der Waals surface area contributed by atoms with Crippen molar-refractivity contribution in [1.29, 1.82) is 0 Å². The molecule has 0 aliphatic rings. The highest BCUT2D eigenvalue weighted by Crippen LogP contribution is 2.21. The van der Waals surface area contributed by atoms with Gasteiger partial charge in [-0.25, -0.2) is 4.98 Å². The summed E-state index contributed by atoms with van der Waals surface area (Å²) in [4.78, 5) is 11.0. The van der Waals surface area contributed by atoms with E-state index in [1.165, 1.54) is 0 Å². The molecular formula is C18H27IN4O2S. The normalized spacial score (nSPS) is 12.3. The summed E-state index contributed by atoms with van der Waals surface area (Å²) in [7, 11) is 7.15. The third kappa shape index (κ3) is 6.10. The maximum atomic E-state index is 5.39. The van der Waals surface area contributed by atoms with E-state index in [2.05, 4.69) is 20.7 Å². The number of benzene rings is 1. The first-order chi connectivity index (χ1) is 12.1. The summed E-state index contributed by atoms with van der Waals surface area (Å²) in [6.45, 7) is 3.32. The van der Waals surface area contributed by atoms with Gasteiger partial charge in [-0.2, -0.15) is 0 Å². The zero-order valence-electron chi connectivity index (χ0n) is 15.9. The van der Waals surface area contributed by atoms with Gasteiger partial charge < -0.3 is 19.7 Å². The van der Waals surface area contributed by atoms with Crippen molar-refractivity contribution >= 4 is 41.3 Å². The molecule has 2 aromatic rings. The molecule has 1 aromatic carbocycles. The van der Waals surface area contributed by atoms with Crippen LogP contribution in [0.2, 0.25) is 0 Å². The molecule has 0 bridgehead atoms. The van der Waals surface area contributed by atoms with Gasteiger partial charge in [-0.1, -0.05) is 18.2 Å². The number of guanidine groups is 1. The molecule has 1 atom stereocenters. The van der Waals surface area contributed by atoms with E-state index in [1.807, 2.05) is 43.1 Å². The molecule has 1 N–H and O–H groups in total. The van der Waals surface area contributed by atoms with Gasteiger partial charge >= 0.3 is 0 Å². The van der Waals surface area contributed by atoms with Crippen LogP contribution in [0.15, 0.2) is 34.6 Å². The van der Waals surface area contributed by atoms with E-state index < -0.39 is 0 Å². The lowest BCUT2D eigenvalue weighted by Gasteiger charge is -2.21. The van der Waals surface area contributed by atoms with Crippen LogP contribution in [0.5, 0.6) is 5.75 Å². The number of nitrogens with zero attached hydrogens (tertiary/aromatic N) is 3. The summed E-state index contributed by atoms with van der Waals surface area (Å²) in [6, 6.07) is 7.96. The first-order valence-electron chi connectivity index (χ1n) is 8.09. The number of hydrogen-bond donors (Lipinski definition) is 1.